The molecular formula is C27H28N2O5S. The normalized spacial score (nSPS) is 15.5. The lowest BCUT2D eigenvalue weighted by atomic mass is 9.95. The highest BCUT2D eigenvalue weighted by Crippen LogP contribution is 2.35. The van der Waals surface area contributed by atoms with Gasteiger partial charge in [-0.1, -0.05) is 35.6 Å². The lowest BCUT2D eigenvalue weighted by molar-refractivity contribution is -0.139. The van der Waals surface area contributed by atoms with Gasteiger partial charge in [0, 0.05) is 5.56 Å². The van der Waals surface area contributed by atoms with Crippen molar-refractivity contribution in [3.63, 3.8) is 0 Å². The summed E-state index contributed by atoms with van der Waals surface area (Å²) in [6.07, 6.45) is 1.84. The van der Waals surface area contributed by atoms with E-state index in [1.54, 1.807) is 25.5 Å². The van der Waals surface area contributed by atoms with Crippen molar-refractivity contribution in [2.45, 2.75) is 33.7 Å². The van der Waals surface area contributed by atoms with Gasteiger partial charge < -0.3 is 14.2 Å². The highest BCUT2D eigenvalue weighted by atomic mass is 32.1. The highest BCUT2D eigenvalue weighted by Gasteiger charge is 2.35. The number of thiazole rings is 1. The molecule has 0 unspecified atom stereocenters. The second-order valence-electron chi connectivity index (χ2n) is 8.00. The topological polar surface area (TPSA) is 79.1 Å². The zero-order chi connectivity index (χ0) is 25.1. The smallest absolute Gasteiger partial charge is 0.338 e. The van der Waals surface area contributed by atoms with Crippen LogP contribution < -0.4 is 24.4 Å². The molecule has 4 rings (SSSR count). The first-order valence-corrected chi connectivity index (χ1v) is 12.3. The monoisotopic (exact) mass is 492 g/mol. The average molecular weight is 493 g/mol. The van der Waals surface area contributed by atoms with E-state index in [0.29, 0.717) is 38.5 Å². The molecule has 0 saturated heterocycles. The molecule has 0 N–H and O–H groups in total. The number of methoxy groups -OCH3 is 1. The van der Waals surface area contributed by atoms with Crippen LogP contribution in [0.1, 0.15) is 43.5 Å². The molecule has 0 amide bonds. The molecule has 2 aromatic carbocycles. The number of hydrogen-bond donors (Lipinski definition) is 0. The number of ether oxygens (including phenoxy) is 3. The first-order chi connectivity index (χ1) is 16.9. The zero-order valence-electron chi connectivity index (χ0n) is 20.5. The SMILES string of the molecule is CCOC(=O)C1=C(C)N=c2sc(=Cc3ccc(OC)c(C)c3)c(=O)n2[C@@H]1c1ccccc1OCC. The molecule has 0 saturated carbocycles. The van der Waals surface area contributed by atoms with Crippen molar-refractivity contribution in [2.24, 2.45) is 4.99 Å². The zero-order valence-corrected chi connectivity index (χ0v) is 21.3. The van der Waals surface area contributed by atoms with Gasteiger partial charge in [0.1, 0.15) is 17.5 Å². The van der Waals surface area contributed by atoms with E-state index in [9.17, 15) is 9.59 Å². The number of esters is 1. The van der Waals surface area contributed by atoms with Crippen LogP contribution in [-0.4, -0.2) is 30.9 Å². The lowest BCUT2D eigenvalue weighted by Crippen LogP contribution is -2.40. The van der Waals surface area contributed by atoms with Crippen molar-refractivity contribution in [2.75, 3.05) is 20.3 Å². The van der Waals surface area contributed by atoms with Crippen molar-refractivity contribution in [1.29, 1.82) is 0 Å². The number of nitrogens with zero attached hydrogens (tertiary/aromatic N) is 2. The van der Waals surface area contributed by atoms with E-state index < -0.39 is 12.0 Å². The molecule has 2 heterocycles. The fourth-order valence-electron chi connectivity index (χ4n) is 4.22. The molecule has 0 spiro atoms. The van der Waals surface area contributed by atoms with Gasteiger partial charge in [0.2, 0.25) is 0 Å². The van der Waals surface area contributed by atoms with Gasteiger partial charge in [-0.3, -0.25) is 9.36 Å². The maximum Gasteiger partial charge on any atom is 0.338 e. The Morgan fingerprint density at radius 3 is 2.57 bits per heavy atom. The number of rotatable bonds is 7. The molecule has 3 aromatic rings. The number of fused-ring (bicyclic) bond motifs is 1. The van der Waals surface area contributed by atoms with E-state index in [4.69, 9.17) is 14.2 Å². The fraction of sp³-hybridized carbons (Fsp3) is 0.296. The Labute approximate surface area is 207 Å². The number of aromatic nitrogens is 1. The predicted molar refractivity (Wildman–Crippen MR) is 136 cm³/mol. The molecule has 1 aliphatic rings. The van der Waals surface area contributed by atoms with Gasteiger partial charge in [-0.15, -0.1) is 0 Å². The molecule has 1 atom stereocenters. The largest absolute Gasteiger partial charge is 0.496 e. The highest BCUT2D eigenvalue weighted by molar-refractivity contribution is 7.07. The number of carbonyl (C=O) groups is 1. The van der Waals surface area contributed by atoms with Crippen LogP contribution in [0.2, 0.25) is 0 Å². The van der Waals surface area contributed by atoms with E-state index in [1.807, 2.05) is 62.4 Å². The quantitative estimate of drug-likeness (QED) is 0.472. The first kappa shape index (κ1) is 24.5. The number of allylic oxidation sites excluding steroid dienone is 1. The van der Waals surface area contributed by atoms with E-state index >= 15 is 0 Å². The van der Waals surface area contributed by atoms with Gasteiger partial charge >= 0.3 is 5.97 Å². The summed E-state index contributed by atoms with van der Waals surface area (Å²) in [6, 6.07) is 12.5. The van der Waals surface area contributed by atoms with E-state index in [1.165, 1.54) is 11.3 Å². The molecule has 0 fully saturated rings. The summed E-state index contributed by atoms with van der Waals surface area (Å²) in [5.41, 5.74) is 3.18. The lowest BCUT2D eigenvalue weighted by Gasteiger charge is -2.26. The Bertz CT molecular complexity index is 1480. The van der Waals surface area contributed by atoms with Crippen LogP contribution in [-0.2, 0) is 9.53 Å². The van der Waals surface area contributed by atoms with Crippen LogP contribution in [0.5, 0.6) is 11.5 Å². The van der Waals surface area contributed by atoms with E-state index in [0.717, 1.165) is 16.9 Å². The number of benzene rings is 2. The summed E-state index contributed by atoms with van der Waals surface area (Å²) >= 11 is 1.29. The van der Waals surface area contributed by atoms with Crippen LogP contribution in [0.25, 0.3) is 6.08 Å². The summed E-state index contributed by atoms with van der Waals surface area (Å²) in [6.45, 7) is 8.04. The number of para-hydroxylation sites is 1. The van der Waals surface area contributed by atoms with Gasteiger partial charge in [0.25, 0.3) is 5.56 Å². The average Bonchev–Trinajstić information content (AvgIpc) is 3.13. The Morgan fingerprint density at radius 2 is 1.89 bits per heavy atom. The van der Waals surface area contributed by atoms with Crippen LogP contribution in [0.4, 0.5) is 0 Å². The Kier molecular flexibility index (Phi) is 7.21. The number of carbonyl (C=O) groups excluding carboxylic acids is 1. The summed E-state index contributed by atoms with van der Waals surface area (Å²) in [4.78, 5) is 32.0. The third-order valence-electron chi connectivity index (χ3n) is 5.75. The number of hydrogen-bond acceptors (Lipinski definition) is 7. The summed E-state index contributed by atoms with van der Waals surface area (Å²) < 4.78 is 18.7. The van der Waals surface area contributed by atoms with Crippen LogP contribution in [0.3, 0.4) is 0 Å². The van der Waals surface area contributed by atoms with Gasteiger partial charge in [-0.05, 0) is 63.1 Å². The molecule has 8 heteroatoms. The van der Waals surface area contributed by atoms with Gasteiger partial charge in [0.05, 0.1) is 36.1 Å². The molecule has 7 nitrogen and oxygen atoms in total. The predicted octanol–water partition coefficient (Wildman–Crippen LogP) is 3.51. The maximum atomic E-state index is 13.8. The molecule has 0 aliphatic carbocycles. The van der Waals surface area contributed by atoms with Crippen molar-refractivity contribution >= 4 is 23.4 Å². The Morgan fingerprint density at radius 1 is 1.11 bits per heavy atom. The van der Waals surface area contributed by atoms with Crippen LogP contribution in [0, 0.1) is 6.92 Å². The van der Waals surface area contributed by atoms with Crippen LogP contribution >= 0.6 is 11.3 Å². The third kappa shape index (κ3) is 4.66. The Hall–Kier alpha value is -3.65. The van der Waals surface area contributed by atoms with Crippen molar-refractivity contribution in [1.82, 2.24) is 4.57 Å². The second kappa shape index (κ2) is 10.3. The molecule has 35 heavy (non-hydrogen) atoms. The minimum atomic E-state index is -0.715. The standard InChI is InChI=1S/C27H28N2O5S/c1-6-33-21-11-9-8-10-19(21)24-23(26(31)34-7-2)17(4)28-27-29(24)25(30)22(35-27)15-18-12-13-20(32-5)16(3)14-18/h8-15,24H,6-7H2,1-5H3/t24-/m1/s1. The molecule has 1 aliphatic heterocycles. The first-order valence-electron chi connectivity index (χ1n) is 11.5. The van der Waals surface area contributed by atoms with Crippen LogP contribution in [0.15, 0.2) is 63.5 Å². The van der Waals surface area contributed by atoms with Crippen molar-refractivity contribution in [3.05, 3.63) is 90.1 Å². The minimum absolute atomic E-state index is 0.219. The molecule has 0 radical (unpaired) electrons. The van der Waals surface area contributed by atoms with Gasteiger partial charge in [-0.2, -0.15) is 0 Å². The molecule has 1 aromatic heterocycles. The van der Waals surface area contributed by atoms with Crippen molar-refractivity contribution in [3.8, 4) is 11.5 Å². The van der Waals surface area contributed by atoms with E-state index in [2.05, 4.69) is 4.99 Å². The summed E-state index contributed by atoms with van der Waals surface area (Å²) in [5, 5.41) is 0. The third-order valence-corrected chi connectivity index (χ3v) is 6.73. The Balaban J connectivity index is 1.96. The molecular weight excluding hydrogens is 464 g/mol. The van der Waals surface area contributed by atoms with Gasteiger partial charge in [0.15, 0.2) is 4.80 Å². The molecule has 0 bridgehead atoms. The maximum absolute atomic E-state index is 13.8. The van der Waals surface area contributed by atoms with Gasteiger partial charge in [-0.25, -0.2) is 9.79 Å². The fourth-order valence-corrected chi connectivity index (χ4v) is 5.27. The number of aryl methyl sites for hydroxylation is 1. The summed E-state index contributed by atoms with van der Waals surface area (Å²) in [7, 11) is 1.63. The minimum Gasteiger partial charge on any atom is -0.496 e. The second-order valence-corrected chi connectivity index (χ2v) is 9.01. The van der Waals surface area contributed by atoms with Crippen molar-refractivity contribution < 1.29 is 19.0 Å². The van der Waals surface area contributed by atoms with E-state index in [-0.39, 0.29) is 12.2 Å². The summed E-state index contributed by atoms with van der Waals surface area (Å²) in [5.74, 6) is 0.896. The molecule has 182 valence electrons.